The highest BCUT2D eigenvalue weighted by atomic mass is 32.2. The van der Waals surface area contributed by atoms with E-state index in [0.29, 0.717) is 0 Å². The summed E-state index contributed by atoms with van der Waals surface area (Å²) < 4.78 is 10.5. The molecule has 0 aliphatic rings. The van der Waals surface area contributed by atoms with E-state index in [2.05, 4.69) is 121 Å². The number of aryl methyl sites for hydroxylation is 2. The Balaban J connectivity index is 1.02. The standard InChI is InChI=1S/C44H42O2S3/c1-45-39-19-23-41(24-20-39)47-29-27-33-11-15-35(16-12-33)31-37-7-3-5-9-43(37)49-44-10-6-4-8-38(44)32-36-17-13-34(14-18-36)28-30-48-42-25-21-40(46-2)22-26-42/h3-26H,27-32H2,1-2H3. The molecule has 0 unspecified atom stereocenters. The smallest absolute Gasteiger partial charge is 0.118 e. The molecule has 0 radical (unpaired) electrons. The molecule has 0 aliphatic carbocycles. The third-order valence-electron chi connectivity index (χ3n) is 8.44. The molecule has 0 atom stereocenters. The summed E-state index contributed by atoms with van der Waals surface area (Å²) in [6.07, 6.45) is 3.94. The molecule has 6 rings (SSSR count). The van der Waals surface area contributed by atoms with Crippen molar-refractivity contribution in [3.8, 4) is 11.5 Å². The normalized spacial score (nSPS) is 11.0. The minimum absolute atomic E-state index is 0.901. The molecule has 0 saturated heterocycles. The number of hydrogen-bond donors (Lipinski definition) is 0. The fourth-order valence-corrected chi connectivity index (χ4v) is 8.50. The molecule has 0 fully saturated rings. The van der Waals surface area contributed by atoms with Crippen molar-refractivity contribution in [2.75, 3.05) is 25.7 Å². The summed E-state index contributed by atoms with van der Waals surface area (Å²) >= 11 is 5.66. The van der Waals surface area contributed by atoms with Crippen LogP contribution < -0.4 is 9.47 Å². The average Bonchev–Trinajstić information content (AvgIpc) is 3.15. The van der Waals surface area contributed by atoms with Gasteiger partial charge < -0.3 is 9.47 Å². The fourth-order valence-electron chi connectivity index (χ4n) is 5.62. The summed E-state index contributed by atoms with van der Waals surface area (Å²) in [5.41, 5.74) is 8.17. The van der Waals surface area contributed by atoms with Gasteiger partial charge in [0.15, 0.2) is 0 Å². The second-order valence-electron chi connectivity index (χ2n) is 11.9. The predicted molar refractivity (Wildman–Crippen MR) is 210 cm³/mol. The molecule has 0 spiro atoms. The van der Waals surface area contributed by atoms with Crippen molar-refractivity contribution in [2.24, 2.45) is 0 Å². The third kappa shape index (κ3) is 10.5. The number of hydrogen-bond acceptors (Lipinski definition) is 5. The van der Waals surface area contributed by atoms with E-state index in [1.165, 1.54) is 53.0 Å². The number of rotatable bonds is 16. The van der Waals surface area contributed by atoms with Crippen molar-refractivity contribution < 1.29 is 9.47 Å². The van der Waals surface area contributed by atoms with E-state index < -0.39 is 0 Å². The SMILES string of the molecule is COc1ccc(SCCc2ccc(Cc3ccccc3Sc3ccccc3Cc3ccc(CCSc4ccc(OC)cc4)cc3)cc2)cc1. The Hall–Kier alpha value is -4.03. The first-order chi connectivity index (χ1) is 24.1. The zero-order valence-electron chi connectivity index (χ0n) is 28.1. The van der Waals surface area contributed by atoms with Gasteiger partial charge in [-0.05, 0) is 120 Å². The molecule has 6 aromatic rings. The summed E-state index contributed by atoms with van der Waals surface area (Å²) in [6, 6.07) is 52.7. The van der Waals surface area contributed by atoms with Crippen LogP contribution in [0.3, 0.4) is 0 Å². The largest absolute Gasteiger partial charge is 0.497 e. The van der Waals surface area contributed by atoms with Gasteiger partial charge in [0.1, 0.15) is 11.5 Å². The number of thioether (sulfide) groups is 2. The quantitative estimate of drug-likeness (QED) is 0.0934. The fraction of sp³-hybridized carbons (Fsp3) is 0.182. The molecule has 6 aromatic carbocycles. The van der Waals surface area contributed by atoms with E-state index in [0.717, 1.165) is 48.7 Å². The van der Waals surface area contributed by atoms with Gasteiger partial charge >= 0.3 is 0 Å². The minimum atomic E-state index is 0.901. The zero-order valence-corrected chi connectivity index (χ0v) is 30.6. The van der Waals surface area contributed by atoms with Crippen molar-refractivity contribution in [1.29, 1.82) is 0 Å². The zero-order chi connectivity index (χ0) is 33.7. The average molecular weight is 699 g/mol. The molecular formula is C44H42O2S3. The Bertz CT molecular complexity index is 1740. The van der Waals surface area contributed by atoms with Crippen LogP contribution in [-0.4, -0.2) is 25.7 Å². The van der Waals surface area contributed by atoms with Crippen LogP contribution in [0.1, 0.15) is 33.4 Å². The van der Waals surface area contributed by atoms with Gasteiger partial charge in [0.25, 0.3) is 0 Å². The van der Waals surface area contributed by atoms with Crippen molar-refractivity contribution in [3.63, 3.8) is 0 Å². The van der Waals surface area contributed by atoms with E-state index in [1.54, 1.807) is 14.2 Å². The summed E-state index contributed by atoms with van der Waals surface area (Å²) in [6.45, 7) is 0. The second-order valence-corrected chi connectivity index (χ2v) is 15.3. The summed E-state index contributed by atoms with van der Waals surface area (Å²) in [4.78, 5) is 5.19. The summed E-state index contributed by atoms with van der Waals surface area (Å²) in [5, 5.41) is 0. The molecule has 0 amide bonds. The Morgan fingerprint density at radius 2 is 0.776 bits per heavy atom. The van der Waals surface area contributed by atoms with Crippen LogP contribution in [0.2, 0.25) is 0 Å². The van der Waals surface area contributed by atoms with Gasteiger partial charge in [-0.1, -0.05) is 96.7 Å². The highest BCUT2D eigenvalue weighted by Gasteiger charge is 2.10. The van der Waals surface area contributed by atoms with Gasteiger partial charge in [0.2, 0.25) is 0 Å². The lowest BCUT2D eigenvalue weighted by Gasteiger charge is -2.13. The van der Waals surface area contributed by atoms with E-state index in [1.807, 2.05) is 59.6 Å². The first kappa shape index (κ1) is 34.8. The molecule has 0 aromatic heterocycles. The Labute approximate surface area is 304 Å². The van der Waals surface area contributed by atoms with E-state index in [9.17, 15) is 0 Å². The lowest BCUT2D eigenvalue weighted by molar-refractivity contribution is 0.414. The van der Waals surface area contributed by atoms with Crippen LogP contribution in [-0.2, 0) is 25.7 Å². The molecule has 0 saturated carbocycles. The minimum Gasteiger partial charge on any atom is -0.497 e. The number of ether oxygens (including phenoxy) is 2. The van der Waals surface area contributed by atoms with Crippen LogP contribution in [0.4, 0.5) is 0 Å². The number of methoxy groups -OCH3 is 2. The van der Waals surface area contributed by atoms with Crippen molar-refractivity contribution in [1.82, 2.24) is 0 Å². The molecule has 49 heavy (non-hydrogen) atoms. The molecule has 248 valence electrons. The first-order valence-corrected chi connectivity index (χ1v) is 19.5. The van der Waals surface area contributed by atoms with Crippen molar-refractivity contribution >= 4 is 35.3 Å². The Morgan fingerprint density at radius 1 is 0.408 bits per heavy atom. The van der Waals surface area contributed by atoms with Gasteiger partial charge in [0.05, 0.1) is 14.2 Å². The van der Waals surface area contributed by atoms with Gasteiger partial charge in [-0.2, -0.15) is 0 Å². The first-order valence-electron chi connectivity index (χ1n) is 16.7. The maximum atomic E-state index is 5.27. The van der Waals surface area contributed by atoms with Crippen LogP contribution in [0, 0.1) is 0 Å². The number of benzene rings is 6. The molecule has 0 bridgehead atoms. The van der Waals surface area contributed by atoms with Gasteiger partial charge in [-0.25, -0.2) is 0 Å². The van der Waals surface area contributed by atoms with Gasteiger partial charge in [0, 0.05) is 31.1 Å². The maximum Gasteiger partial charge on any atom is 0.118 e. The molecular weight excluding hydrogens is 657 g/mol. The summed E-state index contributed by atoms with van der Waals surface area (Å²) in [5.74, 6) is 3.91. The van der Waals surface area contributed by atoms with Crippen molar-refractivity contribution in [3.05, 3.63) is 179 Å². The van der Waals surface area contributed by atoms with E-state index >= 15 is 0 Å². The maximum absolute atomic E-state index is 5.27. The van der Waals surface area contributed by atoms with Crippen LogP contribution in [0.5, 0.6) is 11.5 Å². The second kappa shape index (κ2) is 18.1. The van der Waals surface area contributed by atoms with Crippen LogP contribution >= 0.6 is 35.3 Å². The molecule has 5 heteroatoms. The third-order valence-corrected chi connectivity index (χ3v) is 11.7. The molecule has 0 N–H and O–H groups in total. The molecule has 2 nitrogen and oxygen atoms in total. The van der Waals surface area contributed by atoms with Gasteiger partial charge in [-0.3, -0.25) is 0 Å². The highest BCUT2D eigenvalue weighted by Crippen LogP contribution is 2.35. The monoisotopic (exact) mass is 698 g/mol. The topological polar surface area (TPSA) is 18.5 Å². The van der Waals surface area contributed by atoms with E-state index in [-0.39, 0.29) is 0 Å². The lowest BCUT2D eigenvalue weighted by Crippen LogP contribution is -1.95. The summed E-state index contributed by atoms with van der Waals surface area (Å²) in [7, 11) is 3.41. The predicted octanol–water partition coefficient (Wildman–Crippen LogP) is 11.7. The molecule has 0 heterocycles. The molecule has 0 aliphatic heterocycles. The highest BCUT2D eigenvalue weighted by molar-refractivity contribution is 7.99. The van der Waals surface area contributed by atoms with Gasteiger partial charge in [-0.15, -0.1) is 23.5 Å². The lowest BCUT2D eigenvalue weighted by atomic mass is 10.0. The van der Waals surface area contributed by atoms with Crippen molar-refractivity contribution in [2.45, 2.75) is 45.3 Å². The van der Waals surface area contributed by atoms with Crippen LogP contribution in [0.25, 0.3) is 0 Å². The Kier molecular flexibility index (Phi) is 12.9. The Morgan fingerprint density at radius 3 is 1.16 bits per heavy atom. The van der Waals surface area contributed by atoms with E-state index in [4.69, 9.17) is 9.47 Å². The van der Waals surface area contributed by atoms with Crippen LogP contribution in [0.15, 0.2) is 165 Å².